The Morgan fingerprint density at radius 2 is 2.00 bits per heavy atom. The lowest BCUT2D eigenvalue weighted by Gasteiger charge is -2.23. The smallest absolute Gasteiger partial charge is 0.317 e. The van der Waals surface area contributed by atoms with Crippen LogP contribution < -0.4 is 16.2 Å². The number of amides is 1. The molecular formula is C17H16F3N5O2. The molecule has 142 valence electrons. The summed E-state index contributed by atoms with van der Waals surface area (Å²) in [6, 6.07) is 5.95. The molecule has 4 rings (SSSR count). The number of anilines is 1. The minimum Gasteiger partial charge on any atom is -0.317 e. The van der Waals surface area contributed by atoms with Crippen LogP contribution in [0.4, 0.5) is 18.9 Å². The minimum absolute atomic E-state index is 0.0528. The van der Waals surface area contributed by atoms with Gasteiger partial charge in [0, 0.05) is 12.0 Å². The van der Waals surface area contributed by atoms with Crippen LogP contribution in [0.15, 0.2) is 29.1 Å². The van der Waals surface area contributed by atoms with E-state index in [1.807, 2.05) is 5.32 Å². The molecule has 3 N–H and O–H groups in total. The Morgan fingerprint density at radius 3 is 2.70 bits per heavy atom. The number of aromatic nitrogens is 3. The molecule has 1 fully saturated rings. The van der Waals surface area contributed by atoms with E-state index in [9.17, 15) is 22.8 Å². The fourth-order valence-corrected chi connectivity index (χ4v) is 3.49. The highest BCUT2D eigenvalue weighted by Crippen LogP contribution is 2.31. The molecule has 0 spiro atoms. The van der Waals surface area contributed by atoms with Gasteiger partial charge in [0.15, 0.2) is 0 Å². The van der Waals surface area contributed by atoms with Crippen molar-refractivity contribution < 1.29 is 18.0 Å². The first-order valence-corrected chi connectivity index (χ1v) is 8.48. The van der Waals surface area contributed by atoms with E-state index in [4.69, 9.17) is 0 Å². The van der Waals surface area contributed by atoms with E-state index in [2.05, 4.69) is 15.4 Å². The van der Waals surface area contributed by atoms with Crippen molar-refractivity contribution in [2.24, 2.45) is 0 Å². The van der Waals surface area contributed by atoms with Crippen LogP contribution in [0.3, 0.4) is 0 Å². The Kier molecular flexibility index (Phi) is 4.14. The molecule has 1 aromatic carbocycles. The van der Waals surface area contributed by atoms with Crippen LogP contribution in [-0.4, -0.2) is 39.8 Å². The van der Waals surface area contributed by atoms with Crippen molar-refractivity contribution in [3.05, 3.63) is 40.3 Å². The van der Waals surface area contributed by atoms with Crippen LogP contribution in [0.5, 0.6) is 0 Å². The van der Waals surface area contributed by atoms with Crippen LogP contribution in [0, 0.1) is 0 Å². The number of aromatic amines is 1. The number of hydrogen-bond acceptors (Lipinski definition) is 4. The van der Waals surface area contributed by atoms with Gasteiger partial charge in [-0.15, -0.1) is 0 Å². The summed E-state index contributed by atoms with van der Waals surface area (Å²) >= 11 is 0. The largest absolute Gasteiger partial charge is 0.471 e. The number of H-pyrrole nitrogens is 1. The number of alkyl halides is 3. The van der Waals surface area contributed by atoms with Crippen molar-refractivity contribution in [3.63, 3.8) is 0 Å². The molecule has 0 bridgehead atoms. The van der Waals surface area contributed by atoms with Crippen molar-refractivity contribution in [2.75, 3.05) is 18.4 Å². The van der Waals surface area contributed by atoms with E-state index in [0.29, 0.717) is 11.2 Å². The van der Waals surface area contributed by atoms with Gasteiger partial charge in [-0.1, -0.05) is 6.07 Å². The van der Waals surface area contributed by atoms with Crippen LogP contribution in [0.1, 0.15) is 24.5 Å². The summed E-state index contributed by atoms with van der Waals surface area (Å²) in [6.07, 6.45) is -3.36. The SMILES string of the molecule is O=C(Nc1cccc2nn3c(C4CCNCC4)cc(=O)[nH]c3c12)C(F)(F)F. The third-order valence-electron chi connectivity index (χ3n) is 4.73. The molecule has 10 heteroatoms. The average Bonchev–Trinajstić information content (AvgIpc) is 3.00. The first-order valence-electron chi connectivity index (χ1n) is 8.48. The van der Waals surface area contributed by atoms with Gasteiger partial charge in [0.25, 0.3) is 5.56 Å². The maximum absolute atomic E-state index is 12.6. The number of hydrogen-bond donors (Lipinski definition) is 3. The molecular weight excluding hydrogens is 363 g/mol. The normalized spacial score (nSPS) is 16.1. The summed E-state index contributed by atoms with van der Waals surface area (Å²) in [4.78, 5) is 26.2. The van der Waals surface area contributed by atoms with Gasteiger partial charge in [-0.2, -0.15) is 18.3 Å². The number of carbonyl (C=O) groups is 1. The number of benzene rings is 1. The number of fused-ring (bicyclic) bond motifs is 3. The van der Waals surface area contributed by atoms with E-state index in [-0.39, 0.29) is 28.2 Å². The molecule has 0 saturated carbocycles. The maximum Gasteiger partial charge on any atom is 0.471 e. The molecule has 0 aliphatic carbocycles. The Bertz CT molecular complexity index is 1080. The van der Waals surface area contributed by atoms with Crippen molar-refractivity contribution in [1.29, 1.82) is 0 Å². The number of carbonyl (C=O) groups excluding carboxylic acids is 1. The molecule has 7 nitrogen and oxygen atoms in total. The molecule has 0 unspecified atom stereocenters. The fourth-order valence-electron chi connectivity index (χ4n) is 3.49. The summed E-state index contributed by atoms with van der Waals surface area (Å²) < 4.78 is 39.5. The van der Waals surface area contributed by atoms with Crippen LogP contribution >= 0.6 is 0 Å². The summed E-state index contributed by atoms with van der Waals surface area (Å²) in [5, 5.41) is 9.84. The summed E-state index contributed by atoms with van der Waals surface area (Å²) in [6.45, 7) is 1.62. The molecule has 1 aliphatic rings. The molecule has 1 amide bonds. The fraction of sp³-hybridized carbons (Fsp3) is 0.353. The average molecular weight is 379 g/mol. The third kappa shape index (κ3) is 3.16. The topological polar surface area (TPSA) is 91.3 Å². The van der Waals surface area contributed by atoms with Gasteiger partial charge < -0.3 is 15.6 Å². The Labute approximate surface area is 150 Å². The Balaban J connectivity index is 1.91. The second-order valence-electron chi connectivity index (χ2n) is 6.49. The third-order valence-corrected chi connectivity index (χ3v) is 4.73. The van der Waals surface area contributed by atoms with E-state index < -0.39 is 12.1 Å². The Morgan fingerprint density at radius 1 is 1.26 bits per heavy atom. The van der Waals surface area contributed by atoms with E-state index in [1.54, 1.807) is 10.6 Å². The van der Waals surface area contributed by atoms with Gasteiger partial charge in [-0.05, 0) is 38.1 Å². The summed E-state index contributed by atoms with van der Waals surface area (Å²) in [7, 11) is 0. The molecule has 1 aliphatic heterocycles. The molecule has 3 heterocycles. The maximum atomic E-state index is 12.6. The summed E-state index contributed by atoms with van der Waals surface area (Å²) in [5.41, 5.74) is 0.938. The van der Waals surface area contributed by atoms with Crippen LogP contribution in [0.25, 0.3) is 16.6 Å². The van der Waals surface area contributed by atoms with E-state index >= 15 is 0 Å². The highest BCUT2D eigenvalue weighted by atomic mass is 19.4. The Hall–Kier alpha value is -2.88. The molecule has 27 heavy (non-hydrogen) atoms. The highest BCUT2D eigenvalue weighted by Gasteiger charge is 2.39. The first kappa shape index (κ1) is 17.5. The first-order chi connectivity index (χ1) is 12.8. The molecule has 2 aromatic heterocycles. The van der Waals surface area contributed by atoms with Gasteiger partial charge in [-0.3, -0.25) is 9.59 Å². The van der Waals surface area contributed by atoms with Gasteiger partial charge in [0.1, 0.15) is 5.65 Å². The van der Waals surface area contributed by atoms with Crippen molar-refractivity contribution in [2.45, 2.75) is 24.9 Å². The van der Waals surface area contributed by atoms with Gasteiger partial charge in [0.2, 0.25) is 0 Å². The van der Waals surface area contributed by atoms with Gasteiger partial charge >= 0.3 is 12.1 Å². The predicted octanol–water partition coefficient (Wildman–Crippen LogP) is 2.14. The van der Waals surface area contributed by atoms with Crippen molar-refractivity contribution in [3.8, 4) is 0 Å². The predicted molar refractivity (Wildman–Crippen MR) is 92.8 cm³/mol. The van der Waals surface area contributed by atoms with Gasteiger partial charge in [-0.25, -0.2) is 4.52 Å². The number of halogens is 3. The van der Waals surface area contributed by atoms with Gasteiger partial charge in [0.05, 0.1) is 22.3 Å². The zero-order valence-electron chi connectivity index (χ0n) is 14.1. The van der Waals surface area contributed by atoms with Crippen LogP contribution in [-0.2, 0) is 4.79 Å². The standard InChI is InChI=1S/C17H16F3N5O2/c18-17(19,20)16(27)22-10-2-1-3-11-14(10)15-23-13(26)8-12(25(15)24-11)9-4-6-21-7-5-9/h1-3,8-9,21H,4-7H2,(H,22,27)(H,23,26). The van der Waals surface area contributed by atoms with E-state index in [1.165, 1.54) is 18.2 Å². The van der Waals surface area contributed by atoms with Crippen LogP contribution in [0.2, 0.25) is 0 Å². The molecule has 1 saturated heterocycles. The quantitative estimate of drug-likeness (QED) is 0.636. The van der Waals surface area contributed by atoms with Crippen molar-refractivity contribution >= 4 is 28.1 Å². The molecule has 0 atom stereocenters. The molecule has 3 aromatic rings. The lowest BCUT2D eigenvalue weighted by atomic mass is 9.94. The second-order valence-corrected chi connectivity index (χ2v) is 6.49. The zero-order valence-corrected chi connectivity index (χ0v) is 14.1. The number of piperidine rings is 1. The molecule has 0 radical (unpaired) electrons. The lowest BCUT2D eigenvalue weighted by Crippen LogP contribution is -2.30. The second kappa shape index (κ2) is 6.38. The number of nitrogens with one attached hydrogen (secondary N) is 3. The van der Waals surface area contributed by atoms with Crippen molar-refractivity contribution in [1.82, 2.24) is 19.9 Å². The lowest BCUT2D eigenvalue weighted by molar-refractivity contribution is -0.167. The monoisotopic (exact) mass is 379 g/mol. The van der Waals surface area contributed by atoms with E-state index in [0.717, 1.165) is 25.9 Å². The highest BCUT2D eigenvalue weighted by molar-refractivity contribution is 6.08. The summed E-state index contributed by atoms with van der Waals surface area (Å²) in [5.74, 6) is -1.97. The number of rotatable bonds is 2. The number of nitrogens with zero attached hydrogens (tertiary/aromatic N) is 2. The zero-order chi connectivity index (χ0) is 19.2. The minimum atomic E-state index is -5.02.